The Balaban J connectivity index is 0.000000186. The standard InChI is InChI=1S/C32H16N8.C18H15N2.C5H12O2.Cu.Ir/c1-2-10-18-17(9-1)25-33-26(18)38-28-21-13-5-6-14-22(21)30(35-28)40-32-24-16-8-7-15-23(24)31(36-32)39-29-20-12-4-3-11-19(20)27(34-29)37-25;1-13-8-6-7-11-16(13)18-14(2)17(19-12-20-18)15-9-4-3-5-10-15;1-4(6)3-5(2)7;;/h1-16H;3-9,11-12H,1-2H3;4-7H,3H2,1-2H3;;/q-2;-1;;+2;. The number of nitrogens with zero attached hydrogens (tertiary/aromatic N) is 10. The van der Waals surface area contributed by atoms with E-state index < -0.39 is 0 Å². The van der Waals surface area contributed by atoms with Crippen molar-refractivity contribution in [3.8, 4) is 68.1 Å². The van der Waals surface area contributed by atoms with Gasteiger partial charge in [0.05, 0.1) is 41.2 Å². The van der Waals surface area contributed by atoms with E-state index >= 15 is 0 Å². The minimum absolute atomic E-state index is 0. The van der Waals surface area contributed by atoms with Gasteiger partial charge in [-0.2, -0.15) is 0 Å². The van der Waals surface area contributed by atoms with E-state index in [0.29, 0.717) is 52.3 Å². The topological polar surface area (TPSA) is 172 Å². The van der Waals surface area contributed by atoms with Crippen molar-refractivity contribution in [3.63, 3.8) is 0 Å². The normalized spacial score (nSPS) is 11.9. The first-order valence-corrected chi connectivity index (χ1v) is 22.0. The van der Waals surface area contributed by atoms with E-state index in [1.54, 1.807) is 20.2 Å². The van der Waals surface area contributed by atoms with Crippen LogP contribution >= 0.6 is 0 Å². The quantitative estimate of drug-likeness (QED) is 0.126. The first-order chi connectivity index (χ1) is 32.7. The molecule has 0 saturated heterocycles. The maximum absolute atomic E-state index is 8.56. The van der Waals surface area contributed by atoms with E-state index in [1.165, 1.54) is 5.56 Å². The van der Waals surface area contributed by atoms with Crippen LogP contribution in [0, 0.1) is 19.9 Å². The van der Waals surface area contributed by atoms with Crippen LogP contribution in [0.5, 0.6) is 0 Å². The number of fused-ring (bicyclic) bond motifs is 20. The zero-order valence-electron chi connectivity index (χ0n) is 37.8. The van der Waals surface area contributed by atoms with E-state index in [-0.39, 0.29) is 49.4 Å². The largest absolute Gasteiger partial charge is 2.00 e. The number of aromatic nitrogens is 10. The van der Waals surface area contributed by atoms with Crippen LogP contribution in [0.25, 0.3) is 112 Å². The molecule has 346 valence electrons. The van der Waals surface area contributed by atoms with E-state index in [1.807, 2.05) is 133 Å². The van der Waals surface area contributed by atoms with Crippen molar-refractivity contribution in [2.45, 2.75) is 46.3 Å². The van der Waals surface area contributed by atoms with Crippen molar-refractivity contribution >= 4 is 44.1 Å². The predicted octanol–water partition coefficient (Wildman–Crippen LogP) is 10.5. The van der Waals surface area contributed by atoms with Crippen molar-refractivity contribution in [1.29, 1.82) is 0 Å². The van der Waals surface area contributed by atoms with Gasteiger partial charge in [0.15, 0.2) is 0 Å². The molecular weight excluding hydrogens is 1090 g/mol. The summed E-state index contributed by atoms with van der Waals surface area (Å²) in [6.07, 6.45) is 1.35. The molecule has 0 spiro atoms. The summed E-state index contributed by atoms with van der Waals surface area (Å²) in [5, 5.41) is 20.7. The monoisotopic (exact) mass is 1130 g/mol. The molecule has 6 heterocycles. The fourth-order valence-electron chi connectivity index (χ4n) is 8.32. The van der Waals surface area contributed by atoms with Crippen LogP contribution in [-0.2, 0) is 37.2 Å². The Morgan fingerprint density at radius 3 is 1.19 bits per heavy atom. The summed E-state index contributed by atoms with van der Waals surface area (Å²) in [5.41, 5.74) is 12.2. The molecule has 2 aliphatic rings. The summed E-state index contributed by atoms with van der Waals surface area (Å²) >= 11 is 0. The average molecular weight is 1130 g/mol. The van der Waals surface area contributed by atoms with Crippen LogP contribution in [-0.4, -0.2) is 62.3 Å². The third-order valence-electron chi connectivity index (χ3n) is 11.5. The van der Waals surface area contributed by atoms with Crippen LogP contribution in [0.15, 0.2) is 152 Å². The first kappa shape index (κ1) is 48.3. The van der Waals surface area contributed by atoms with Crippen molar-refractivity contribution in [3.05, 3.63) is 169 Å². The van der Waals surface area contributed by atoms with Gasteiger partial charge in [-0.15, -0.1) is 35.9 Å². The summed E-state index contributed by atoms with van der Waals surface area (Å²) in [6, 6.07) is 51.2. The fourth-order valence-corrected chi connectivity index (χ4v) is 8.32. The van der Waals surface area contributed by atoms with Gasteiger partial charge in [-0.1, -0.05) is 121 Å². The van der Waals surface area contributed by atoms with Gasteiger partial charge < -0.3 is 40.1 Å². The summed E-state index contributed by atoms with van der Waals surface area (Å²) < 4.78 is 0. The number of aliphatic hydroxyl groups excluding tert-OH is 2. The molecule has 0 fully saturated rings. The van der Waals surface area contributed by atoms with Gasteiger partial charge in [0.1, 0.15) is 6.33 Å². The van der Waals surface area contributed by atoms with E-state index in [4.69, 9.17) is 50.1 Å². The molecule has 2 unspecified atom stereocenters. The molecule has 0 aliphatic carbocycles. The van der Waals surface area contributed by atoms with E-state index in [9.17, 15) is 0 Å². The molecule has 10 aromatic rings. The summed E-state index contributed by atoms with van der Waals surface area (Å²) in [5.74, 6) is 2.21. The minimum atomic E-state index is -0.375. The Labute approximate surface area is 422 Å². The zero-order valence-corrected chi connectivity index (χ0v) is 41.1. The second-order valence-electron chi connectivity index (χ2n) is 16.4. The predicted molar refractivity (Wildman–Crippen MR) is 263 cm³/mol. The Morgan fingerprint density at radius 1 is 0.464 bits per heavy atom. The van der Waals surface area contributed by atoms with Gasteiger partial charge in [0.25, 0.3) is 0 Å². The molecule has 6 aromatic carbocycles. The molecule has 0 amide bonds. The average Bonchev–Trinajstić information content (AvgIpc) is 4.08. The molecule has 4 aromatic heterocycles. The van der Waals surface area contributed by atoms with Crippen LogP contribution in [0.2, 0.25) is 0 Å². The second kappa shape index (κ2) is 21.0. The van der Waals surface area contributed by atoms with Crippen molar-refractivity contribution < 1.29 is 47.4 Å². The Bertz CT molecular complexity index is 3310. The molecule has 2 aliphatic heterocycles. The summed E-state index contributed by atoms with van der Waals surface area (Å²) in [4.78, 5) is 48.2. The number of hydrogen-bond acceptors (Lipinski definition) is 10. The third kappa shape index (κ3) is 9.91. The SMILES string of the molecule is CC(O)CC(C)O.Cc1ccccc1-c1ncnc(-c2[c-]cccc2)c1C.[Cu+2].[Ir].c1ccc2c(c1)-c1nc-2nc2[n-]c(nc3nc(nc4[n-]c(n1)c1ccccc41)-c1ccccc1-3)c1ccccc21. The van der Waals surface area contributed by atoms with Crippen molar-refractivity contribution in [1.82, 2.24) is 49.8 Å². The fraction of sp³-hybridized carbons (Fsp3) is 0.127. The Morgan fingerprint density at radius 2 is 0.826 bits per heavy atom. The van der Waals surface area contributed by atoms with E-state index in [0.717, 1.165) is 71.9 Å². The Hall–Kier alpha value is -7.15. The second-order valence-corrected chi connectivity index (χ2v) is 16.4. The molecule has 69 heavy (non-hydrogen) atoms. The number of rotatable bonds is 4. The van der Waals surface area contributed by atoms with Gasteiger partial charge in [-0.05, 0) is 72.5 Å². The van der Waals surface area contributed by atoms with Crippen LogP contribution in [0.1, 0.15) is 31.4 Å². The maximum atomic E-state index is 8.56. The van der Waals surface area contributed by atoms with Crippen LogP contribution < -0.4 is 9.97 Å². The summed E-state index contributed by atoms with van der Waals surface area (Å²) in [7, 11) is 0. The molecule has 0 saturated carbocycles. The summed E-state index contributed by atoms with van der Waals surface area (Å²) in [6.45, 7) is 7.49. The van der Waals surface area contributed by atoms with Gasteiger partial charge in [-0.25, -0.2) is 15.0 Å². The molecule has 14 heteroatoms. The molecule has 12 nitrogen and oxygen atoms in total. The van der Waals surface area contributed by atoms with Gasteiger partial charge in [-0.3, -0.25) is 4.98 Å². The van der Waals surface area contributed by atoms with E-state index in [2.05, 4.69) is 42.0 Å². The van der Waals surface area contributed by atoms with Gasteiger partial charge in [0.2, 0.25) is 0 Å². The molecule has 2 N–H and O–H groups in total. The minimum Gasteiger partial charge on any atom is -0.393 e. The first-order valence-electron chi connectivity index (χ1n) is 22.0. The molecule has 2 radical (unpaired) electrons. The Kier molecular flexibility index (Phi) is 14.7. The van der Waals surface area contributed by atoms with Gasteiger partial charge >= 0.3 is 17.1 Å². The van der Waals surface area contributed by atoms with Gasteiger partial charge in [0, 0.05) is 70.5 Å². The maximum Gasteiger partial charge on any atom is 2.00 e. The van der Waals surface area contributed by atoms with Crippen LogP contribution in [0.4, 0.5) is 0 Å². The smallest absolute Gasteiger partial charge is 0.393 e. The van der Waals surface area contributed by atoms with Crippen molar-refractivity contribution in [2.24, 2.45) is 0 Å². The zero-order chi connectivity index (χ0) is 46.0. The molecule has 8 bridgehead atoms. The molecule has 2 atom stereocenters. The molecule has 12 rings (SSSR count). The third-order valence-corrected chi connectivity index (χ3v) is 11.5. The number of aliphatic hydroxyl groups is 2. The van der Waals surface area contributed by atoms with Crippen LogP contribution in [0.3, 0.4) is 0 Å². The number of hydrogen-bond donors (Lipinski definition) is 2. The molecular formula is C55H43CuIrN10O2-. The number of benzene rings is 6. The number of aryl methyl sites for hydroxylation is 1. The van der Waals surface area contributed by atoms with Crippen molar-refractivity contribution in [2.75, 3.05) is 0 Å².